The quantitative estimate of drug-likeness (QED) is 0.776. The van der Waals surface area contributed by atoms with E-state index in [1.54, 1.807) is 0 Å². The molecule has 0 bridgehead atoms. The number of benzene rings is 2. The van der Waals surface area contributed by atoms with Crippen molar-refractivity contribution in [2.24, 2.45) is 5.92 Å². The molecular formula is C19H20O2. The topological polar surface area (TPSA) is 26.3 Å². The second-order valence-corrected chi connectivity index (χ2v) is 5.84. The first kappa shape index (κ1) is 13.9. The molecule has 0 saturated carbocycles. The first-order valence-corrected chi connectivity index (χ1v) is 7.53. The molecule has 3 rings (SSSR count). The summed E-state index contributed by atoms with van der Waals surface area (Å²) in [6.45, 7) is 4.20. The van der Waals surface area contributed by atoms with Crippen LogP contribution < -0.4 is 0 Å². The summed E-state index contributed by atoms with van der Waals surface area (Å²) < 4.78 is 5.36. The molecule has 0 unspecified atom stereocenters. The van der Waals surface area contributed by atoms with Gasteiger partial charge in [-0.05, 0) is 28.7 Å². The Labute approximate surface area is 125 Å². The lowest BCUT2D eigenvalue weighted by Crippen LogP contribution is -2.14. The number of ether oxygens (including phenoxy) is 1. The third kappa shape index (κ3) is 2.58. The zero-order valence-electron chi connectivity index (χ0n) is 12.5. The Bertz CT molecular complexity index is 613. The summed E-state index contributed by atoms with van der Waals surface area (Å²) in [6, 6.07) is 17.0. The first-order valence-electron chi connectivity index (χ1n) is 7.53. The number of fused-ring (bicyclic) bond motifs is 3. The normalized spacial score (nSPS) is 13.1. The van der Waals surface area contributed by atoms with Gasteiger partial charge in [-0.1, -0.05) is 62.4 Å². The van der Waals surface area contributed by atoms with E-state index in [0.29, 0.717) is 12.5 Å². The number of carbonyl (C=O) groups excluding carboxylic acids is 1. The lowest BCUT2D eigenvalue weighted by atomic mass is 9.94. The van der Waals surface area contributed by atoms with Crippen LogP contribution in [0.1, 0.15) is 37.3 Å². The molecule has 0 atom stereocenters. The van der Waals surface area contributed by atoms with E-state index >= 15 is 0 Å². The molecule has 0 fully saturated rings. The van der Waals surface area contributed by atoms with Gasteiger partial charge in [0.15, 0.2) is 0 Å². The van der Waals surface area contributed by atoms with E-state index in [-0.39, 0.29) is 11.9 Å². The fourth-order valence-corrected chi connectivity index (χ4v) is 3.01. The predicted molar refractivity (Wildman–Crippen MR) is 84.1 cm³/mol. The number of carbonyl (C=O) groups is 1. The van der Waals surface area contributed by atoms with Crippen LogP contribution in [-0.4, -0.2) is 12.6 Å². The lowest BCUT2D eigenvalue weighted by molar-refractivity contribution is -0.147. The van der Waals surface area contributed by atoms with Crippen LogP contribution in [0.25, 0.3) is 11.1 Å². The number of esters is 1. The van der Waals surface area contributed by atoms with E-state index < -0.39 is 0 Å². The Kier molecular flexibility index (Phi) is 3.78. The van der Waals surface area contributed by atoms with Gasteiger partial charge in [-0.2, -0.15) is 0 Å². The molecule has 0 spiro atoms. The van der Waals surface area contributed by atoms with Gasteiger partial charge in [0, 0.05) is 5.92 Å². The van der Waals surface area contributed by atoms with E-state index in [9.17, 15) is 4.79 Å². The monoisotopic (exact) mass is 280 g/mol. The summed E-state index contributed by atoms with van der Waals surface area (Å²) in [5.41, 5.74) is 5.32. The van der Waals surface area contributed by atoms with Gasteiger partial charge in [-0.25, -0.2) is 0 Å². The fraction of sp³-hybridized carbons (Fsp3) is 0.316. The minimum atomic E-state index is -0.116. The van der Waals surface area contributed by atoms with Crippen LogP contribution in [0.2, 0.25) is 0 Å². The molecular weight excluding hydrogens is 260 g/mol. The molecule has 0 aromatic heterocycles. The summed E-state index contributed by atoms with van der Waals surface area (Å²) in [7, 11) is 0. The molecule has 1 aliphatic carbocycles. The largest absolute Gasteiger partial charge is 0.465 e. The molecule has 0 heterocycles. The van der Waals surface area contributed by atoms with Gasteiger partial charge in [0.1, 0.15) is 0 Å². The van der Waals surface area contributed by atoms with E-state index in [4.69, 9.17) is 4.74 Å². The molecule has 108 valence electrons. The maximum absolute atomic E-state index is 11.6. The second-order valence-electron chi connectivity index (χ2n) is 5.84. The van der Waals surface area contributed by atoms with Crippen molar-refractivity contribution >= 4 is 5.97 Å². The van der Waals surface area contributed by atoms with Crippen molar-refractivity contribution in [2.75, 3.05) is 6.61 Å². The standard InChI is InChI=1S/C19H20O2/c1-13(2)19(20)21-12-11-18-16-9-5-3-7-14(16)15-8-4-6-10-17(15)18/h3-10,13,18H,11-12H2,1-2H3. The number of hydrogen-bond donors (Lipinski definition) is 0. The molecule has 0 saturated heterocycles. The third-order valence-electron chi connectivity index (χ3n) is 4.08. The van der Waals surface area contributed by atoms with Crippen LogP contribution >= 0.6 is 0 Å². The van der Waals surface area contributed by atoms with Crippen molar-refractivity contribution < 1.29 is 9.53 Å². The summed E-state index contributed by atoms with van der Waals surface area (Å²) in [5.74, 6) is 0.153. The average molecular weight is 280 g/mol. The average Bonchev–Trinajstić information content (AvgIpc) is 2.82. The summed E-state index contributed by atoms with van der Waals surface area (Å²) in [5, 5.41) is 0. The Morgan fingerprint density at radius 1 is 1.00 bits per heavy atom. The molecule has 2 heteroatoms. The molecule has 0 aliphatic heterocycles. The highest BCUT2D eigenvalue weighted by molar-refractivity contribution is 5.78. The Hall–Kier alpha value is -2.09. The van der Waals surface area contributed by atoms with Crippen molar-refractivity contribution in [3.05, 3.63) is 59.7 Å². The van der Waals surface area contributed by atoms with Crippen LogP contribution in [-0.2, 0) is 9.53 Å². The summed E-state index contributed by atoms with van der Waals surface area (Å²) in [4.78, 5) is 11.6. The van der Waals surface area contributed by atoms with Gasteiger partial charge in [0.05, 0.1) is 12.5 Å². The van der Waals surface area contributed by atoms with E-state index in [1.165, 1.54) is 22.3 Å². The number of rotatable bonds is 4. The molecule has 21 heavy (non-hydrogen) atoms. The molecule has 2 nitrogen and oxygen atoms in total. The maximum atomic E-state index is 11.6. The van der Waals surface area contributed by atoms with Crippen molar-refractivity contribution in [3.63, 3.8) is 0 Å². The highest BCUT2D eigenvalue weighted by Crippen LogP contribution is 2.45. The smallest absolute Gasteiger partial charge is 0.308 e. The second kappa shape index (κ2) is 5.72. The molecule has 0 N–H and O–H groups in total. The molecule has 2 aromatic rings. The van der Waals surface area contributed by atoms with Crippen molar-refractivity contribution in [2.45, 2.75) is 26.2 Å². The Morgan fingerprint density at radius 2 is 1.52 bits per heavy atom. The molecule has 0 radical (unpaired) electrons. The van der Waals surface area contributed by atoms with Crippen LogP contribution in [0, 0.1) is 5.92 Å². The van der Waals surface area contributed by atoms with Crippen LogP contribution in [0.5, 0.6) is 0 Å². The molecule has 0 amide bonds. The van der Waals surface area contributed by atoms with Gasteiger partial charge >= 0.3 is 5.97 Å². The van der Waals surface area contributed by atoms with E-state index in [2.05, 4.69) is 48.5 Å². The summed E-state index contributed by atoms with van der Waals surface area (Å²) in [6.07, 6.45) is 0.840. The van der Waals surface area contributed by atoms with Crippen LogP contribution in [0.15, 0.2) is 48.5 Å². The Balaban J connectivity index is 1.81. The van der Waals surface area contributed by atoms with Gasteiger partial charge < -0.3 is 4.74 Å². The van der Waals surface area contributed by atoms with Gasteiger partial charge in [0.25, 0.3) is 0 Å². The fourth-order valence-electron chi connectivity index (χ4n) is 3.01. The first-order chi connectivity index (χ1) is 10.2. The van der Waals surface area contributed by atoms with Crippen LogP contribution in [0.3, 0.4) is 0 Å². The van der Waals surface area contributed by atoms with Crippen molar-refractivity contribution in [1.29, 1.82) is 0 Å². The highest BCUT2D eigenvalue weighted by atomic mass is 16.5. The summed E-state index contributed by atoms with van der Waals surface area (Å²) >= 11 is 0. The molecule has 2 aromatic carbocycles. The SMILES string of the molecule is CC(C)C(=O)OCCC1c2ccccc2-c2ccccc21. The minimum Gasteiger partial charge on any atom is -0.465 e. The zero-order chi connectivity index (χ0) is 14.8. The van der Waals surface area contributed by atoms with E-state index in [1.807, 2.05) is 13.8 Å². The minimum absolute atomic E-state index is 0.0619. The number of hydrogen-bond acceptors (Lipinski definition) is 2. The van der Waals surface area contributed by atoms with Crippen LogP contribution in [0.4, 0.5) is 0 Å². The maximum Gasteiger partial charge on any atom is 0.308 e. The predicted octanol–water partition coefficient (Wildman–Crippen LogP) is 4.39. The highest BCUT2D eigenvalue weighted by Gasteiger charge is 2.27. The lowest BCUT2D eigenvalue weighted by Gasteiger charge is -2.14. The zero-order valence-corrected chi connectivity index (χ0v) is 12.5. The third-order valence-corrected chi connectivity index (χ3v) is 4.08. The van der Waals surface area contributed by atoms with E-state index in [0.717, 1.165) is 6.42 Å². The van der Waals surface area contributed by atoms with Gasteiger partial charge in [0.2, 0.25) is 0 Å². The van der Waals surface area contributed by atoms with Crippen molar-refractivity contribution in [3.8, 4) is 11.1 Å². The van der Waals surface area contributed by atoms with Gasteiger partial charge in [-0.3, -0.25) is 4.79 Å². The molecule has 1 aliphatic rings. The van der Waals surface area contributed by atoms with Gasteiger partial charge in [-0.15, -0.1) is 0 Å². The Morgan fingerprint density at radius 3 is 2.05 bits per heavy atom. The van der Waals surface area contributed by atoms with Crippen molar-refractivity contribution in [1.82, 2.24) is 0 Å².